The van der Waals surface area contributed by atoms with E-state index in [0.29, 0.717) is 0 Å². The van der Waals surface area contributed by atoms with Crippen molar-refractivity contribution in [1.29, 1.82) is 0 Å². The SMILES string of the molecule is C[C@@H](NC(=O)c1cc(-c2ccc(F)c(F)c2)on1)c1cccc(C(F)(F)F)c1. The summed E-state index contributed by atoms with van der Waals surface area (Å²) < 4.78 is 69.7. The summed E-state index contributed by atoms with van der Waals surface area (Å²) in [7, 11) is 0. The second kappa shape index (κ2) is 7.41. The van der Waals surface area contributed by atoms with Gasteiger partial charge in [0.1, 0.15) is 0 Å². The molecule has 0 spiro atoms. The molecular formula is C19H13F5N2O2. The predicted molar refractivity (Wildman–Crippen MR) is 89.2 cm³/mol. The minimum absolute atomic E-state index is 0.0378. The highest BCUT2D eigenvalue weighted by Crippen LogP contribution is 2.31. The van der Waals surface area contributed by atoms with E-state index in [0.717, 1.165) is 24.3 Å². The van der Waals surface area contributed by atoms with Crippen LogP contribution in [0.4, 0.5) is 22.0 Å². The molecule has 28 heavy (non-hydrogen) atoms. The number of amides is 1. The molecule has 3 rings (SSSR count). The summed E-state index contributed by atoms with van der Waals surface area (Å²) in [4.78, 5) is 12.3. The van der Waals surface area contributed by atoms with E-state index >= 15 is 0 Å². The van der Waals surface area contributed by atoms with Gasteiger partial charge in [0, 0.05) is 11.6 Å². The second-order valence-corrected chi connectivity index (χ2v) is 6.02. The Morgan fingerprint density at radius 1 is 1.07 bits per heavy atom. The fraction of sp³-hybridized carbons (Fsp3) is 0.158. The Morgan fingerprint density at radius 3 is 2.50 bits per heavy atom. The first kappa shape index (κ1) is 19.5. The van der Waals surface area contributed by atoms with Gasteiger partial charge in [0.05, 0.1) is 11.6 Å². The van der Waals surface area contributed by atoms with Crippen LogP contribution >= 0.6 is 0 Å². The lowest BCUT2D eigenvalue weighted by atomic mass is 10.0. The molecule has 146 valence electrons. The summed E-state index contributed by atoms with van der Waals surface area (Å²) in [5.41, 5.74) is -0.546. The summed E-state index contributed by atoms with van der Waals surface area (Å²) in [6.07, 6.45) is -4.49. The largest absolute Gasteiger partial charge is 0.416 e. The van der Waals surface area contributed by atoms with E-state index in [2.05, 4.69) is 10.5 Å². The average Bonchev–Trinajstić information content (AvgIpc) is 3.13. The standard InChI is InChI=1S/C19H13F5N2O2/c1-10(11-3-2-4-13(7-11)19(22,23)24)25-18(27)16-9-17(28-26-16)12-5-6-14(20)15(21)8-12/h2-10H,1H3,(H,25,27)/t10-/m1/s1. The van der Waals surface area contributed by atoms with Gasteiger partial charge in [-0.05, 0) is 42.8 Å². The molecule has 0 unspecified atom stereocenters. The number of nitrogens with zero attached hydrogens (tertiary/aromatic N) is 1. The van der Waals surface area contributed by atoms with Crippen LogP contribution in [0.1, 0.15) is 34.6 Å². The van der Waals surface area contributed by atoms with E-state index in [-0.39, 0.29) is 22.6 Å². The van der Waals surface area contributed by atoms with Crippen LogP contribution in [0.3, 0.4) is 0 Å². The van der Waals surface area contributed by atoms with Crippen LogP contribution in [0.2, 0.25) is 0 Å². The molecule has 1 heterocycles. The first-order valence-electron chi connectivity index (χ1n) is 8.05. The Kier molecular flexibility index (Phi) is 5.17. The molecule has 9 heteroatoms. The van der Waals surface area contributed by atoms with Crippen molar-refractivity contribution in [3.05, 3.63) is 77.0 Å². The Morgan fingerprint density at radius 2 is 1.82 bits per heavy atom. The smallest absolute Gasteiger partial charge is 0.355 e. The summed E-state index contributed by atoms with van der Waals surface area (Å²) in [6, 6.07) is 8.12. The summed E-state index contributed by atoms with van der Waals surface area (Å²) in [5, 5.41) is 6.08. The number of alkyl halides is 3. The molecule has 0 aliphatic carbocycles. The van der Waals surface area contributed by atoms with Crippen LogP contribution < -0.4 is 5.32 Å². The molecule has 4 nitrogen and oxygen atoms in total. The van der Waals surface area contributed by atoms with Gasteiger partial charge in [0.25, 0.3) is 5.91 Å². The first-order chi connectivity index (χ1) is 13.1. The molecule has 3 aromatic rings. The average molecular weight is 396 g/mol. The highest BCUT2D eigenvalue weighted by atomic mass is 19.4. The fourth-order valence-electron chi connectivity index (χ4n) is 2.51. The Balaban J connectivity index is 1.75. The number of hydrogen-bond donors (Lipinski definition) is 1. The van der Waals surface area contributed by atoms with Gasteiger partial charge in [-0.15, -0.1) is 0 Å². The Labute approximate surface area is 156 Å². The van der Waals surface area contributed by atoms with Crippen LogP contribution in [-0.2, 0) is 6.18 Å². The molecule has 0 radical (unpaired) electrons. The van der Waals surface area contributed by atoms with Gasteiger partial charge in [-0.3, -0.25) is 4.79 Å². The zero-order valence-corrected chi connectivity index (χ0v) is 14.3. The van der Waals surface area contributed by atoms with Crippen molar-refractivity contribution in [3.8, 4) is 11.3 Å². The van der Waals surface area contributed by atoms with Gasteiger partial charge in [0.2, 0.25) is 0 Å². The number of rotatable bonds is 4. The Bertz CT molecular complexity index is 1010. The monoisotopic (exact) mass is 396 g/mol. The molecule has 0 saturated carbocycles. The summed E-state index contributed by atoms with van der Waals surface area (Å²) >= 11 is 0. The van der Waals surface area contributed by atoms with Gasteiger partial charge >= 0.3 is 6.18 Å². The molecule has 1 aromatic heterocycles. The highest BCUT2D eigenvalue weighted by Gasteiger charge is 2.30. The van der Waals surface area contributed by atoms with Gasteiger partial charge in [-0.2, -0.15) is 13.2 Å². The minimum Gasteiger partial charge on any atom is -0.355 e. The number of halogens is 5. The maximum absolute atomic E-state index is 13.3. The topological polar surface area (TPSA) is 55.1 Å². The molecule has 2 aromatic carbocycles. The van der Waals surface area contributed by atoms with Crippen molar-refractivity contribution in [2.75, 3.05) is 0 Å². The zero-order chi connectivity index (χ0) is 20.5. The summed E-state index contributed by atoms with van der Waals surface area (Å²) in [6.45, 7) is 1.52. The second-order valence-electron chi connectivity index (χ2n) is 6.02. The molecule has 1 atom stereocenters. The molecular weight excluding hydrogens is 383 g/mol. The molecule has 1 amide bonds. The molecule has 0 bridgehead atoms. The van der Waals surface area contributed by atoms with E-state index in [9.17, 15) is 26.7 Å². The Hall–Kier alpha value is -3.23. The first-order valence-corrected chi connectivity index (χ1v) is 8.05. The number of carbonyl (C=O) groups is 1. The van der Waals surface area contributed by atoms with E-state index in [1.165, 1.54) is 31.2 Å². The third kappa shape index (κ3) is 4.19. The third-order valence-corrected chi connectivity index (χ3v) is 4.01. The van der Waals surface area contributed by atoms with Crippen molar-refractivity contribution in [3.63, 3.8) is 0 Å². The van der Waals surface area contributed by atoms with Gasteiger partial charge in [0.15, 0.2) is 23.1 Å². The minimum atomic E-state index is -4.49. The van der Waals surface area contributed by atoms with Crippen molar-refractivity contribution in [2.45, 2.75) is 19.1 Å². The van der Waals surface area contributed by atoms with Crippen LogP contribution in [-0.4, -0.2) is 11.1 Å². The molecule has 0 aliphatic rings. The number of benzene rings is 2. The number of carbonyl (C=O) groups excluding carboxylic acids is 1. The van der Waals surface area contributed by atoms with E-state index in [1.54, 1.807) is 0 Å². The number of aromatic nitrogens is 1. The van der Waals surface area contributed by atoms with Crippen LogP contribution in [0.25, 0.3) is 11.3 Å². The zero-order valence-electron chi connectivity index (χ0n) is 14.3. The maximum atomic E-state index is 13.3. The van der Waals surface area contributed by atoms with E-state index < -0.39 is 35.3 Å². The molecule has 0 aliphatic heterocycles. The van der Waals surface area contributed by atoms with Crippen molar-refractivity contribution < 1.29 is 31.3 Å². The normalized spacial score (nSPS) is 12.6. The third-order valence-electron chi connectivity index (χ3n) is 4.01. The lowest BCUT2D eigenvalue weighted by Crippen LogP contribution is -2.27. The van der Waals surface area contributed by atoms with Gasteiger partial charge in [-0.25, -0.2) is 8.78 Å². The van der Waals surface area contributed by atoms with Crippen LogP contribution in [0.15, 0.2) is 53.1 Å². The molecule has 0 saturated heterocycles. The molecule has 0 fully saturated rings. The summed E-state index contributed by atoms with van der Waals surface area (Å²) in [5.74, 6) is -2.77. The lowest BCUT2D eigenvalue weighted by molar-refractivity contribution is -0.137. The number of hydrogen-bond acceptors (Lipinski definition) is 3. The van der Waals surface area contributed by atoms with Crippen LogP contribution in [0.5, 0.6) is 0 Å². The maximum Gasteiger partial charge on any atom is 0.416 e. The predicted octanol–water partition coefficient (Wildman–Crippen LogP) is 5.13. The van der Waals surface area contributed by atoms with E-state index in [1.807, 2.05) is 0 Å². The quantitative estimate of drug-likeness (QED) is 0.622. The van der Waals surface area contributed by atoms with E-state index in [4.69, 9.17) is 4.52 Å². The van der Waals surface area contributed by atoms with Gasteiger partial charge < -0.3 is 9.84 Å². The fourth-order valence-corrected chi connectivity index (χ4v) is 2.51. The number of nitrogens with one attached hydrogen (secondary N) is 1. The van der Waals surface area contributed by atoms with Gasteiger partial charge in [-0.1, -0.05) is 17.3 Å². The highest BCUT2D eigenvalue weighted by molar-refractivity contribution is 5.93. The van der Waals surface area contributed by atoms with Crippen molar-refractivity contribution >= 4 is 5.91 Å². The molecule has 1 N–H and O–H groups in total. The van der Waals surface area contributed by atoms with Crippen molar-refractivity contribution in [2.24, 2.45) is 0 Å². The van der Waals surface area contributed by atoms with Crippen molar-refractivity contribution in [1.82, 2.24) is 10.5 Å². The lowest BCUT2D eigenvalue weighted by Gasteiger charge is -2.15. The van der Waals surface area contributed by atoms with Crippen LogP contribution in [0, 0.1) is 11.6 Å².